The molecule has 0 atom stereocenters. The molecule has 0 fully saturated rings. The van der Waals surface area contributed by atoms with Gasteiger partial charge in [0, 0.05) is 21.4 Å². The van der Waals surface area contributed by atoms with E-state index in [1.54, 1.807) is 10.8 Å². The van der Waals surface area contributed by atoms with Crippen molar-refractivity contribution < 1.29 is 4.42 Å². The Morgan fingerprint density at radius 3 is 2.40 bits per heavy atom. The highest BCUT2D eigenvalue weighted by molar-refractivity contribution is 6.30. The van der Waals surface area contributed by atoms with E-state index in [2.05, 4.69) is 10.2 Å². The molecule has 2 aromatic carbocycles. The standard InChI is InChI=1S/C19H11ClN4O/c20-13-9-7-12(8-10-13)17-14-4-1-2-5-15(14)18-21-22-19(24(18)23-17)16-6-3-11-25-16/h1-11H. The van der Waals surface area contributed by atoms with Crippen LogP contribution >= 0.6 is 11.6 Å². The summed E-state index contributed by atoms with van der Waals surface area (Å²) in [6.07, 6.45) is 1.61. The van der Waals surface area contributed by atoms with Crippen LogP contribution in [0, 0.1) is 0 Å². The molecule has 0 saturated heterocycles. The highest BCUT2D eigenvalue weighted by Crippen LogP contribution is 2.31. The Morgan fingerprint density at radius 2 is 1.64 bits per heavy atom. The molecule has 0 N–H and O–H groups in total. The first-order chi connectivity index (χ1) is 12.3. The van der Waals surface area contributed by atoms with Crippen molar-refractivity contribution in [3.63, 3.8) is 0 Å². The predicted octanol–water partition coefficient (Wildman–Crippen LogP) is 4.86. The fourth-order valence-corrected chi connectivity index (χ4v) is 3.09. The summed E-state index contributed by atoms with van der Waals surface area (Å²) >= 11 is 6.03. The smallest absolute Gasteiger partial charge is 0.220 e. The number of hydrogen-bond acceptors (Lipinski definition) is 4. The largest absolute Gasteiger partial charge is 0.461 e. The van der Waals surface area contributed by atoms with Crippen LogP contribution in [-0.4, -0.2) is 19.8 Å². The maximum Gasteiger partial charge on any atom is 0.220 e. The molecule has 0 bridgehead atoms. The van der Waals surface area contributed by atoms with Crippen molar-refractivity contribution in [2.24, 2.45) is 0 Å². The minimum Gasteiger partial charge on any atom is -0.461 e. The molecule has 6 heteroatoms. The number of furan rings is 1. The van der Waals surface area contributed by atoms with E-state index < -0.39 is 0 Å². The van der Waals surface area contributed by atoms with Crippen LogP contribution in [0.1, 0.15) is 0 Å². The molecule has 3 aromatic heterocycles. The van der Waals surface area contributed by atoms with Crippen molar-refractivity contribution in [1.29, 1.82) is 0 Å². The second-order valence-electron chi connectivity index (χ2n) is 5.64. The van der Waals surface area contributed by atoms with Gasteiger partial charge in [-0.25, -0.2) is 0 Å². The quantitative estimate of drug-likeness (QED) is 0.458. The van der Waals surface area contributed by atoms with Gasteiger partial charge in [-0.2, -0.15) is 9.61 Å². The summed E-state index contributed by atoms with van der Waals surface area (Å²) in [6, 6.07) is 19.3. The lowest BCUT2D eigenvalue weighted by Crippen LogP contribution is -1.99. The highest BCUT2D eigenvalue weighted by Gasteiger charge is 2.17. The molecular formula is C19H11ClN4O. The highest BCUT2D eigenvalue weighted by atomic mass is 35.5. The van der Waals surface area contributed by atoms with E-state index in [4.69, 9.17) is 21.1 Å². The zero-order chi connectivity index (χ0) is 16.8. The first-order valence-electron chi connectivity index (χ1n) is 7.75. The number of aromatic nitrogens is 4. The average molecular weight is 347 g/mol. The maximum absolute atomic E-state index is 6.03. The van der Waals surface area contributed by atoms with Crippen molar-refractivity contribution in [2.75, 3.05) is 0 Å². The Balaban J connectivity index is 1.89. The summed E-state index contributed by atoms with van der Waals surface area (Å²) in [7, 11) is 0. The van der Waals surface area contributed by atoms with Crippen LogP contribution in [-0.2, 0) is 0 Å². The Morgan fingerprint density at radius 1 is 0.840 bits per heavy atom. The summed E-state index contributed by atoms with van der Waals surface area (Å²) in [5.41, 5.74) is 2.51. The molecule has 0 amide bonds. The fourth-order valence-electron chi connectivity index (χ4n) is 2.96. The van der Waals surface area contributed by atoms with Gasteiger partial charge in [0.05, 0.1) is 12.0 Å². The van der Waals surface area contributed by atoms with Gasteiger partial charge in [0.15, 0.2) is 11.4 Å². The van der Waals surface area contributed by atoms with Crippen LogP contribution in [0.2, 0.25) is 5.02 Å². The number of fused-ring (bicyclic) bond motifs is 3. The third kappa shape index (κ3) is 2.21. The number of benzene rings is 2. The Bertz CT molecular complexity index is 1190. The second kappa shape index (κ2) is 5.43. The summed E-state index contributed by atoms with van der Waals surface area (Å²) in [5.74, 6) is 1.19. The predicted molar refractivity (Wildman–Crippen MR) is 96.4 cm³/mol. The molecular weight excluding hydrogens is 336 g/mol. The second-order valence-corrected chi connectivity index (χ2v) is 6.07. The van der Waals surface area contributed by atoms with Gasteiger partial charge in [0.25, 0.3) is 0 Å². The van der Waals surface area contributed by atoms with E-state index in [1.165, 1.54) is 0 Å². The molecule has 3 heterocycles. The molecule has 0 aliphatic carbocycles. The van der Waals surface area contributed by atoms with Crippen LogP contribution in [0.3, 0.4) is 0 Å². The lowest BCUT2D eigenvalue weighted by molar-refractivity contribution is 0.574. The van der Waals surface area contributed by atoms with Gasteiger partial charge in [-0.05, 0) is 24.3 Å². The molecule has 0 radical (unpaired) electrons. The first kappa shape index (κ1) is 14.2. The Labute approximate surface area is 147 Å². The van der Waals surface area contributed by atoms with Gasteiger partial charge in [-0.15, -0.1) is 10.2 Å². The van der Waals surface area contributed by atoms with Gasteiger partial charge >= 0.3 is 0 Å². The van der Waals surface area contributed by atoms with Crippen molar-refractivity contribution in [1.82, 2.24) is 19.8 Å². The van der Waals surface area contributed by atoms with Crippen molar-refractivity contribution in [3.8, 4) is 22.8 Å². The van der Waals surface area contributed by atoms with E-state index in [0.29, 0.717) is 22.3 Å². The molecule has 25 heavy (non-hydrogen) atoms. The minimum atomic E-state index is 0.570. The van der Waals surface area contributed by atoms with Crippen molar-refractivity contribution in [3.05, 3.63) is 71.9 Å². The van der Waals surface area contributed by atoms with E-state index >= 15 is 0 Å². The molecule has 5 rings (SSSR count). The number of hydrogen-bond donors (Lipinski definition) is 0. The zero-order valence-corrected chi connectivity index (χ0v) is 13.7. The van der Waals surface area contributed by atoms with E-state index in [9.17, 15) is 0 Å². The van der Waals surface area contributed by atoms with E-state index in [-0.39, 0.29) is 0 Å². The molecule has 120 valence electrons. The monoisotopic (exact) mass is 346 g/mol. The van der Waals surface area contributed by atoms with Crippen LogP contribution in [0.25, 0.3) is 39.3 Å². The van der Waals surface area contributed by atoms with Crippen LogP contribution in [0.5, 0.6) is 0 Å². The molecule has 5 nitrogen and oxygen atoms in total. The zero-order valence-electron chi connectivity index (χ0n) is 12.9. The maximum atomic E-state index is 6.03. The van der Waals surface area contributed by atoms with E-state index in [0.717, 1.165) is 22.0 Å². The topological polar surface area (TPSA) is 56.2 Å². The molecule has 0 aliphatic rings. The Kier molecular flexibility index (Phi) is 3.08. The first-order valence-corrected chi connectivity index (χ1v) is 8.13. The molecule has 0 saturated carbocycles. The summed E-state index contributed by atoms with van der Waals surface area (Å²) in [5, 5.41) is 16.1. The van der Waals surface area contributed by atoms with E-state index in [1.807, 2.05) is 60.7 Å². The number of rotatable bonds is 2. The van der Waals surface area contributed by atoms with Crippen molar-refractivity contribution >= 4 is 28.0 Å². The van der Waals surface area contributed by atoms with Gasteiger partial charge in [-0.1, -0.05) is 48.0 Å². The normalized spacial score (nSPS) is 11.4. The van der Waals surface area contributed by atoms with Crippen molar-refractivity contribution in [2.45, 2.75) is 0 Å². The van der Waals surface area contributed by atoms with Gasteiger partial charge < -0.3 is 4.42 Å². The van der Waals surface area contributed by atoms with Crippen LogP contribution in [0.15, 0.2) is 71.3 Å². The number of nitrogens with zero attached hydrogens (tertiary/aromatic N) is 4. The van der Waals surface area contributed by atoms with Crippen LogP contribution in [0.4, 0.5) is 0 Å². The van der Waals surface area contributed by atoms with Gasteiger partial charge in [0.1, 0.15) is 0 Å². The van der Waals surface area contributed by atoms with Gasteiger partial charge in [0.2, 0.25) is 5.82 Å². The van der Waals surface area contributed by atoms with Gasteiger partial charge in [-0.3, -0.25) is 0 Å². The molecule has 0 spiro atoms. The number of halogens is 1. The molecule has 0 aliphatic heterocycles. The third-order valence-corrected chi connectivity index (χ3v) is 4.37. The fraction of sp³-hybridized carbons (Fsp3) is 0. The summed E-state index contributed by atoms with van der Waals surface area (Å²) < 4.78 is 7.21. The average Bonchev–Trinajstić information content (AvgIpc) is 3.31. The Hall–Kier alpha value is -3.18. The molecule has 5 aromatic rings. The summed E-state index contributed by atoms with van der Waals surface area (Å²) in [6.45, 7) is 0. The summed E-state index contributed by atoms with van der Waals surface area (Å²) in [4.78, 5) is 0. The lowest BCUT2D eigenvalue weighted by Gasteiger charge is -2.08. The van der Waals surface area contributed by atoms with Crippen LogP contribution < -0.4 is 0 Å². The SMILES string of the molecule is Clc1ccc(-c2nn3c(-c4ccco4)nnc3c3ccccc23)cc1. The lowest BCUT2D eigenvalue weighted by atomic mass is 10.1. The molecule has 0 unspecified atom stereocenters. The third-order valence-electron chi connectivity index (χ3n) is 4.12. The minimum absolute atomic E-state index is 0.570.